The molecule has 7 nitrogen and oxygen atoms in total. The molecule has 0 aliphatic carbocycles. The zero-order valence-electron chi connectivity index (χ0n) is 13.9. The molecule has 130 valence electrons. The number of fused-ring (bicyclic) bond motifs is 1. The van der Waals surface area contributed by atoms with Crippen LogP contribution in [0, 0.1) is 0 Å². The zero-order chi connectivity index (χ0) is 18.0. The van der Waals surface area contributed by atoms with Crippen LogP contribution in [0.1, 0.15) is 13.8 Å². The van der Waals surface area contributed by atoms with Crippen LogP contribution in [0.4, 0.5) is 11.5 Å². The second-order valence-corrected chi connectivity index (χ2v) is 5.97. The van der Waals surface area contributed by atoms with Crippen LogP contribution >= 0.6 is 11.6 Å². The van der Waals surface area contributed by atoms with Gasteiger partial charge < -0.3 is 19.9 Å². The van der Waals surface area contributed by atoms with E-state index in [1.165, 1.54) is 25.7 Å². The van der Waals surface area contributed by atoms with Crippen LogP contribution in [0.3, 0.4) is 0 Å². The van der Waals surface area contributed by atoms with Gasteiger partial charge in [-0.15, -0.1) is 0 Å². The van der Waals surface area contributed by atoms with Gasteiger partial charge in [0.1, 0.15) is 23.6 Å². The number of methoxy groups -OCH3 is 1. The van der Waals surface area contributed by atoms with Gasteiger partial charge in [-0.1, -0.05) is 11.6 Å². The summed E-state index contributed by atoms with van der Waals surface area (Å²) < 4.78 is 10.9. The van der Waals surface area contributed by atoms with E-state index < -0.39 is 0 Å². The molecule has 25 heavy (non-hydrogen) atoms. The van der Waals surface area contributed by atoms with E-state index in [-0.39, 0.29) is 11.9 Å². The van der Waals surface area contributed by atoms with Crippen LogP contribution in [0.25, 0.3) is 10.9 Å². The van der Waals surface area contributed by atoms with E-state index >= 15 is 0 Å². The molecule has 0 amide bonds. The molecule has 0 unspecified atom stereocenters. The van der Waals surface area contributed by atoms with Crippen molar-refractivity contribution >= 4 is 34.0 Å². The highest BCUT2D eigenvalue weighted by Crippen LogP contribution is 2.36. The van der Waals surface area contributed by atoms with Crippen molar-refractivity contribution < 1.29 is 14.6 Å². The van der Waals surface area contributed by atoms with Crippen molar-refractivity contribution in [3.05, 3.63) is 35.7 Å². The molecule has 0 atom stereocenters. The maximum Gasteiger partial charge on any atom is 0.215 e. The first-order chi connectivity index (χ1) is 12.0. The molecule has 2 heterocycles. The predicted molar refractivity (Wildman–Crippen MR) is 96.0 cm³/mol. The lowest BCUT2D eigenvalue weighted by molar-refractivity contribution is 0.244. The Morgan fingerprint density at radius 2 is 1.96 bits per heavy atom. The number of nitrogens with one attached hydrogen (secondary N) is 1. The quantitative estimate of drug-likeness (QED) is 0.712. The van der Waals surface area contributed by atoms with Crippen molar-refractivity contribution in [2.75, 3.05) is 12.4 Å². The van der Waals surface area contributed by atoms with Crippen molar-refractivity contribution in [1.29, 1.82) is 0 Å². The third-order valence-corrected chi connectivity index (χ3v) is 3.64. The lowest BCUT2D eigenvalue weighted by atomic mass is 10.2. The summed E-state index contributed by atoms with van der Waals surface area (Å²) in [5.74, 6) is 1.46. The number of hydrogen-bond donors (Lipinski definition) is 2. The SMILES string of the molecule is COc1cc(Nc2ncnc3cc(O)cc(OC(C)C)c23)c(Cl)cn1. The van der Waals surface area contributed by atoms with E-state index in [1.54, 1.807) is 12.1 Å². The third-order valence-electron chi connectivity index (χ3n) is 3.34. The number of hydrogen-bond acceptors (Lipinski definition) is 7. The second kappa shape index (κ2) is 6.98. The minimum Gasteiger partial charge on any atom is -0.508 e. The molecular formula is C17H17ClN4O3. The van der Waals surface area contributed by atoms with Crippen molar-refractivity contribution in [2.24, 2.45) is 0 Å². The fourth-order valence-electron chi connectivity index (χ4n) is 2.34. The molecule has 0 saturated heterocycles. The molecule has 2 aromatic heterocycles. The maximum absolute atomic E-state index is 9.91. The summed E-state index contributed by atoms with van der Waals surface area (Å²) in [7, 11) is 1.53. The molecule has 0 fully saturated rings. The number of pyridine rings is 1. The highest BCUT2D eigenvalue weighted by atomic mass is 35.5. The molecule has 0 aliphatic rings. The van der Waals surface area contributed by atoms with E-state index in [1.807, 2.05) is 13.8 Å². The number of halogens is 1. The molecule has 3 aromatic rings. The van der Waals surface area contributed by atoms with E-state index in [2.05, 4.69) is 20.3 Å². The molecule has 8 heteroatoms. The molecule has 1 aromatic carbocycles. The first-order valence-electron chi connectivity index (χ1n) is 7.59. The van der Waals surface area contributed by atoms with Gasteiger partial charge in [0.25, 0.3) is 0 Å². The topological polar surface area (TPSA) is 89.4 Å². The van der Waals surface area contributed by atoms with Gasteiger partial charge in [0.15, 0.2) is 0 Å². The summed E-state index contributed by atoms with van der Waals surface area (Å²) in [6, 6.07) is 4.75. The fourth-order valence-corrected chi connectivity index (χ4v) is 2.49. The van der Waals surface area contributed by atoms with Gasteiger partial charge in [0, 0.05) is 18.2 Å². The van der Waals surface area contributed by atoms with Crippen molar-refractivity contribution in [3.63, 3.8) is 0 Å². The number of aromatic hydroxyl groups is 1. The van der Waals surface area contributed by atoms with E-state index in [0.29, 0.717) is 39.1 Å². The number of nitrogens with zero attached hydrogens (tertiary/aromatic N) is 3. The van der Waals surface area contributed by atoms with Crippen LogP contribution in [0.5, 0.6) is 17.4 Å². The van der Waals surface area contributed by atoms with Crippen LogP contribution in [-0.4, -0.2) is 33.3 Å². The van der Waals surface area contributed by atoms with Gasteiger partial charge in [-0.25, -0.2) is 15.0 Å². The number of rotatable bonds is 5. The predicted octanol–water partition coefficient (Wildman–Crippen LogP) is 3.92. The average Bonchev–Trinajstić information content (AvgIpc) is 2.56. The molecule has 2 N–H and O–H groups in total. The largest absolute Gasteiger partial charge is 0.508 e. The molecular weight excluding hydrogens is 344 g/mol. The highest BCUT2D eigenvalue weighted by molar-refractivity contribution is 6.33. The first-order valence-corrected chi connectivity index (χ1v) is 7.96. The van der Waals surface area contributed by atoms with Gasteiger partial charge >= 0.3 is 0 Å². The van der Waals surface area contributed by atoms with Gasteiger partial charge in [0.2, 0.25) is 5.88 Å². The monoisotopic (exact) mass is 360 g/mol. The smallest absolute Gasteiger partial charge is 0.215 e. The standard InChI is InChI=1S/C17H17ClN4O3/c1-9(2)25-14-5-10(23)4-13-16(14)17(21-8-20-13)22-12-6-15(24-3)19-7-11(12)18/h4-9,23H,1-3H3,(H,19,20,21,22). The van der Waals surface area contributed by atoms with Crippen molar-refractivity contribution in [2.45, 2.75) is 20.0 Å². The minimum atomic E-state index is -0.0809. The number of ether oxygens (including phenoxy) is 2. The Hall–Kier alpha value is -2.80. The summed E-state index contributed by atoms with van der Waals surface area (Å²) in [6.07, 6.45) is 2.81. The normalized spacial score (nSPS) is 10.9. The highest BCUT2D eigenvalue weighted by Gasteiger charge is 2.15. The summed E-state index contributed by atoms with van der Waals surface area (Å²) in [6.45, 7) is 3.80. The lowest BCUT2D eigenvalue weighted by Crippen LogP contribution is -2.07. The molecule has 0 saturated carbocycles. The number of benzene rings is 1. The Morgan fingerprint density at radius 3 is 2.68 bits per heavy atom. The van der Waals surface area contributed by atoms with Crippen LogP contribution in [0.15, 0.2) is 30.7 Å². The number of phenols is 1. The Morgan fingerprint density at radius 1 is 1.16 bits per heavy atom. The van der Waals surface area contributed by atoms with E-state index in [0.717, 1.165) is 0 Å². The zero-order valence-corrected chi connectivity index (χ0v) is 14.7. The fraction of sp³-hybridized carbons (Fsp3) is 0.235. The van der Waals surface area contributed by atoms with Crippen LogP contribution < -0.4 is 14.8 Å². The Labute approximate surface area is 149 Å². The Kier molecular flexibility index (Phi) is 4.76. The minimum absolute atomic E-state index is 0.0661. The van der Waals surface area contributed by atoms with Crippen LogP contribution in [-0.2, 0) is 0 Å². The molecule has 0 radical (unpaired) electrons. The van der Waals surface area contributed by atoms with Gasteiger partial charge in [-0.05, 0) is 13.8 Å². The molecule has 0 bridgehead atoms. The molecule has 0 spiro atoms. The third kappa shape index (κ3) is 3.66. The lowest BCUT2D eigenvalue weighted by Gasteiger charge is -2.16. The van der Waals surface area contributed by atoms with Crippen molar-refractivity contribution in [1.82, 2.24) is 15.0 Å². The number of anilines is 2. The van der Waals surface area contributed by atoms with Crippen LogP contribution in [0.2, 0.25) is 5.02 Å². The van der Waals surface area contributed by atoms with Gasteiger partial charge in [0.05, 0.1) is 41.0 Å². The summed E-state index contributed by atoms with van der Waals surface area (Å²) in [5.41, 5.74) is 1.13. The molecule has 0 aliphatic heterocycles. The second-order valence-electron chi connectivity index (χ2n) is 5.56. The number of phenolic OH excluding ortho intramolecular Hbond substituents is 1. The van der Waals surface area contributed by atoms with Crippen molar-refractivity contribution in [3.8, 4) is 17.4 Å². The summed E-state index contributed by atoms with van der Waals surface area (Å²) in [4.78, 5) is 12.5. The average molecular weight is 361 g/mol. The Bertz CT molecular complexity index is 918. The number of aromatic nitrogens is 3. The molecule has 3 rings (SSSR count). The Balaban J connectivity index is 2.13. The summed E-state index contributed by atoms with van der Waals surface area (Å²) in [5, 5.41) is 14.1. The van der Waals surface area contributed by atoms with E-state index in [9.17, 15) is 5.11 Å². The first kappa shape index (κ1) is 17.0. The maximum atomic E-state index is 9.91. The van der Waals surface area contributed by atoms with Gasteiger partial charge in [-0.3, -0.25) is 0 Å². The summed E-state index contributed by atoms with van der Waals surface area (Å²) >= 11 is 6.21. The van der Waals surface area contributed by atoms with Gasteiger partial charge in [-0.2, -0.15) is 0 Å². The van der Waals surface area contributed by atoms with E-state index in [4.69, 9.17) is 21.1 Å².